The molecule has 0 saturated carbocycles. The largest absolute Gasteiger partial charge is 0.322 e. The minimum atomic E-state index is -0.533. The van der Waals surface area contributed by atoms with E-state index in [0.29, 0.717) is 28.0 Å². The fourth-order valence-corrected chi connectivity index (χ4v) is 3.32. The third-order valence-corrected chi connectivity index (χ3v) is 4.80. The molecule has 1 N–H and O–H groups in total. The summed E-state index contributed by atoms with van der Waals surface area (Å²) in [6, 6.07) is 22.4. The minimum absolute atomic E-state index is 0.0320. The average molecular weight is 394 g/mol. The molecule has 2 heterocycles. The van der Waals surface area contributed by atoms with Crippen LogP contribution in [0.2, 0.25) is 0 Å². The molecule has 144 valence electrons. The zero-order valence-corrected chi connectivity index (χ0v) is 15.6. The van der Waals surface area contributed by atoms with Crippen LogP contribution >= 0.6 is 0 Å². The number of benzene rings is 3. The van der Waals surface area contributed by atoms with Crippen molar-refractivity contribution in [2.75, 3.05) is 10.2 Å². The van der Waals surface area contributed by atoms with Crippen LogP contribution in [0.15, 0.2) is 78.9 Å². The van der Waals surface area contributed by atoms with Crippen LogP contribution in [0, 0.1) is 0 Å². The summed E-state index contributed by atoms with van der Waals surface area (Å²) in [5, 5.41) is 2.79. The third kappa shape index (κ3) is 2.89. The molecule has 0 spiro atoms. The van der Waals surface area contributed by atoms with Crippen LogP contribution in [-0.4, -0.2) is 27.7 Å². The van der Waals surface area contributed by atoms with Gasteiger partial charge in [0.15, 0.2) is 11.4 Å². The molecule has 0 fully saturated rings. The van der Waals surface area contributed by atoms with Crippen LogP contribution in [0.4, 0.5) is 11.4 Å². The molecule has 1 aliphatic heterocycles. The lowest BCUT2D eigenvalue weighted by atomic mass is 10.1. The first-order valence-corrected chi connectivity index (χ1v) is 9.24. The molecule has 0 aliphatic carbocycles. The van der Waals surface area contributed by atoms with E-state index in [-0.39, 0.29) is 17.3 Å². The van der Waals surface area contributed by atoms with E-state index in [1.54, 1.807) is 60.7 Å². The molecule has 3 amide bonds. The van der Waals surface area contributed by atoms with Crippen molar-refractivity contribution in [2.24, 2.45) is 0 Å². The monoisotopic (exact) mass is 394 g/mol. The lowest BCUT2D eigenvalue weighted by Gasteiger charge is -2.13. The highest BCUT2D eigenvalue weighted by Crippen LogP contribution is 2.28. The van der Waals surface area contributed by atoms with Crippen LogP contribution in [0.3, 0.4) is 0 Å². The molecule has 7 heteroatoms. The molecule has 1 aromatic heterocycles. The Balaban J connectivity index is 1.43. The van der Waals surface area contributed by atoms with Gasteiger partial charge in [0.25, 0.3) is 17.7 Å². The first-order valence-electron chi connectivity index (χ1n) is 9.24. The summed E-state index contributed by atoms with van der Waals surface area (Å²) in [6.45, 7) is 0. The second-order valence-corrected chi connectivity index (χ2v) is 6.72. The van der Waals surface area contributed by atoms with Crippen LogP contribution in [-0.2, 0) is 0 Å². The first kappa shape index (κ1) is 17.7. The predicted octanol–water partition coefficient (Wildman–Crippen LogP) is 3.68. The van der Waals surface area contributed by atoms with Crippen LogP contribution in [0.5, 0.6) is 0 Å². The van der Waals surface area contributed by atoms with E-state index in [1.165, 1.54) is 0 Å². The number of hydrogen-bond donors (Lipinski definition) is 1. The van der Waals surface area contributed by atoms with Crippen molar-refractivity contribution >= 4 is 40.1 Å². The molecule has 0 radical (unpaired) electrons. The van der Waals surface area contributed by atoms with Crippen LogP contribution in [0.25, 0.3) is 11.0 Å². The van der Waals surface area contributed by atoms with Gasteiger partial charge in [-0.3, -0.25) is 14.4 Å². The minimum Gasteiger partial charge on any atom is -0.322 e. The number of amides is 3. The van der Waals surface area contributed by atoms with Crippen LogP contribution in [0.1, 0.15) is 31.3 Å². The van der Waals surface area contributed by atoms with E-state index < -0.39 is 11.8 Å². The number of anilines is 2. The van der Waals surface area contributed by atoms with Gasteiger partial charge in [0, 0.05) is 11.3 Å². The molecule has 0 atom stereocenters. The van der Waals surface area contributed by atoms with Crippen molar-refractivity contribution in [3.8, 4) is 0 Å². The molecule has 7 nitrogen and oxygen atoms in total. The smallest absolute Gasteiger partial charge is 0.286 e. The standard InChI is InChI=1S/C23H14N4O3/c28-21(24-15-6-2-1-3-7-15)14-10-12-16(13-11-14)27-22(29)19-20(23(27)30)26-18-9-5-4-8-17(18)25-19/h1-13H,(H,24,28). The number of carbonyl (C=O) groups is 3. The average Bonchev–Trinajstić information content (AvgIpc) is 3.02. The Hall–Kier alpha value is -4.39. The predicted molar refractivity (Wildman–Crippen MR) is 112 cm³/mol. The number of carbonyl (C=O) groups excluding carboxylic acids is 3. The topological polar surface area (TPSA) is 92.3 Å². The quantitative estimate of drug-likeness (QED) is 0.535. The van der Waals surface area contributed by atoms with Gasteiger partial charge in [0.05, 0.1) is 16.7 Å². The van der Waals surface area contributed by atoms with Crippen LogP contribution < -0.4 is 10.2 Å². The SMILES string of the molecule is O=C(Nc1ccccc1)c1ccc(N2C(=O)c3nc4ccccc4nc3C2=O)cc1. The maximum atomic E-state index is 12.8. The van der Waals surface area contributed by atoms with Crippen molar-refractivity contribution in [3.05, 3.63) is 95.8 Å². The van der Waals surface area contributed by atoms with E-state index >= 15 is 0 Å². The highest BCUT2D eigenvalue weighted by Gasteiger charge is 2.40. The summed E-state index contributed by atoms with van der Waals surface area (Å²) in [5.41, 5.74) is 2.59. The Labute approximate surface area is 171 Å². The van der Waals surface area contributed by atoms with Crippen molar-refractivity contribution < 1.29 is 14.4 Å². The fraction of sp³-hybridized carbons (Fsp3) is 0. The normalized spacial score (nSPS) is 12.9. The van der Waals surface area contributed by atoms with E-state index in [9.17, 15) is 14.4 Å². The van der Waals surface area contributed by atoms with Crippen molar-refractivity contribution in [2.45, 2.75) is 0 Å². The number of nitrogens with zero attached hydrogens (tertiary/aromatic N) is 3. The molecule has 5 rings (SSSR count). The number of hydrogen-bond acceptors (Lipinski definition) is 5. The van der Waals surface area contributed by atoms with E-state index in [4.69, 9.17) is 0 Å². The molecule has 3 aromatic carbocycles. The second kappa shape index (κ2) is 6.89. The fourth-order valence-electron chi connectivity index (χ4n) is 3.32. The van der Waals surface area contributed by atoms with E-state index in [1.807, 2.05) is 18.2 Å². The van der Waals surface area contributed by atoms with E-state index in [2.05, 4.69) is 15.3 Å². The number of fused-ring (bicyclic) bond motifs is 2. The first-order chi connectivity index (χ1) is 14.6. The van der Waals surface area contributed by atoms with Crippen molar-refractivity contribution in [1.82, 2.24) is 9.97 Å². The van der Waals surface area contributed by atoms with Gasteiger partial charge >= 0.3 is 0 Å². The maximum absolute atomic E-state index is 12.8. The zero-order valence-electron chi connectivity index (χ0n) is 15.6. The number of para-hydroxylation sites is 3. The third-order valence-electron chi connectivity index (χ3n) is 4.80. The Kier molecular flexibility index (Phi) is 4.07. The summed E-state index contributed by atoms with van der Waals surface area (Å²) in [6.07, 6.45) is 0. The van der Waals surface area contributed by atoms with Gasteiger partial charge in [-0.15, -0.1) is 0 Å². The van der Waals surface area contributed by atoms with Crippen molar-refractivity contribution in [1.29, 1.82) is 0 Å². The molecule has 1 aliphatic rings. The van der Waals surface area contributed by atoms with E-state index in [0.717, 1.165) is 4.90 Å². The zero-order chi connectivity index (χ0) is 20.7. The molecular formula is C23H14N4O3. The Morgan fingerprint density at radius 3 is 1.80 bits per heavy atom. The van der Waals surface area contributed by atoms with Gasteiger partial charge in [-0.1, -0.05) is 30.3 Å². The summed E-state index contributed by atoms with van der Waals surface area (Å²) in [7, 11) is 0. The highest BCUT2D eigenvalue weighted by atomic mass is 16.2. The van der Waals surface area contributed by atoms with Gasteiger partial charge in [0.1, 0.15) is 0 Å². The van der Waals surface area contributed by atoms with Gasteiger partial charge < -0.3 is 5.32 Å². The summed E-state index contributed by atoms with van der Waals surface area (Å²) < 4.78 is 0. The Bertz CT molecular complexity index is 1260. The molecule has 0 bridgehead atoms. The number of imide groups is 1. The summed E-state index contributed by atoms with van der Waals surface area (Å²) in [5.74, 6) is -1.35. The van der Waals surface area contributed by atoms with Gasteiger partial charge in [-0.2, -0.15) is 0 Å². The lowest BCUT2D eigenvalue weighted by Crippen LogP contribution is -2.29. The molecule has 4 aromatic rings. The number of aromatic nitrogens is 2. The van der Waals surface area contributed by atoms with Crippen molar-refractivity contribution in [3.63, 3.8) is 0 Å². The highest BCUT2D eigenvalue weighted by molar-refractivity contribution is 6.33. The number of nitrogens with one attached hydrogen (secondary N) is 1. The summed E-state index contributed by atoms with van der Waals surface area (Å²) in [4.78, 5) is 47.7. The number of rotatable bonds is 3. The Morgan fingerprint density at radius 2 is 1.23 bits per heavy atom. The lowest BCUT2D eigenvalue weighted by molar-refractivity contribution is 0.0922. The maximum Gasteiger partial charge on any atom is 0.286 e. The molecule has 0 unspecified atom stereocenters. The Morgan fingerprint density at radius 1 is 0.700 bits per heavy atom. The van der Waals surface area contributed by atoms with Gasteiger partial charge in [-0.25, -0.2) is 14.9 Å². The van der Waals surface area contributed by atoms with Gasteiger partial charge in [0.2, 0.25) is 0 Å². The summed E-state index contributed by atoms with van der Waals surface area (Å²) >= 11 is 0. The van der Waals surface area contributed by atoms with Gasteiger partial charge in [-0.05, 0) is 48.5 Å². The molecule has 30 heavy (non-hydrogen) atoms. The molecular weight excluding hydrogens is 380 g/mol. The second-order valence-electron chi connectivity index (χ2n) is 6.72. The molecule has 0 saturated heterocycles.